The minimum absolute atomic E-state index is 0.606. The lowest BCUT2D eigenvalue weighted by atomic mass is 10.4. The van der Waals surface area contributed by atoms with Crippen molar-refractivity contribution in [1.29, 1.82) is 0 Å². The monoisotopic (exact) mass is 418 g/mol. The van der Waals surface area contributed by atoms with E-state index in [1.165, 1.54) is 15.9 Å². The van der Waals surface area contributed by atoms with Gasteiger partial charge >= 0.3 is 5.15 Å². The van der Waals surface area contributed by atoms with Crippen molar-refractivity contribution in [2.24, 2.45) is 4.74 Å². The van der Waals surface area contributed by atoms with Crippen LogP contribution in [-0.4, -0.2) is 5.10 Å². The number of hydrogen-bond acceptors (Lipinski definition) is 2. The SMILES string of the molecule is CC[n+]1nc(N=P(c2ccccc2)(c2ccccc2)c2ccccc2)ccc1Cl. The zero-order chi connectivity index (χ0) is 20.1. The molecule has 0 radical (unpaired) electrons. The minimum Gasteiger partial charge on any atom is -0.229 e. The van der Waals surface area contributed by atoms with E-state index in [0.717, 1.165) is 0 Å². The first-order valence-corrected chi connectivity index (χ1v) is 11.7. The first-order valence-electron chi connectivity index (χ1n) is 9.60. The molecule has 1 heterocycles. The summed E-state index contributed by atoms with van der Waals surface area (Å²) >= 11 is 6.29. The van der Waals surface area contributed by atoms with Gasteiger partial charge in [0.1, 0.15) is 0 Å². The van der Waals surface area contributed by atoms with Crippen molar-refractivity contribution in [2.75, 3.05) is 0 Å². The molecule has 29 heavy (non-hydrogen) atoms. The molecule has 4 aromatic rings. The summed E-state index contributed by atoms with van der Waals surface area (Å²) in [5, 5.41) is 8.88. The van der Waals surface area contributed by atoms with E-state index in [2.05, 4.69) is 72.8 Å². The number of aryl methyl sites for hydroxylation is 1. The molecule has 0 N–H and O–H groups in total. The largest absolute Gasteiger partial charge is 0.300 e. The van der Waals surface area contributed by atoms with Crippen molar-refractivity contribution in [2.45, 2.75) is 13.5 Å². The summed E-state index contributed by atoms with van der Waals surface area (Å²) in [6.07, 6.45) is 0. The number of benzene rings is 3. The predicted octanol–water partition coefficient (Wildman–Crippen LogP) is 4.85. The van der Waals surface area contributed by atoms with E-state index >= 15 is 0 Å². The van der Waals surface area contributed by atoms with Crippen LogP contribution in [0.3, 0.4) is 0 Å². The number of halogens is 1. The molecule has 3 aromatic carbocycles. The highest BCUT2D eigenvalue weighted by atomic mass is 35.5. The smallest absolute Gasteiger partial charge is 0.229 e. The Balaban J connectivity index is 2.11. The Labute approximate surface area is 176 Å². The maximum Gasteiger partial charge on any atom is 0.300 e. The second kappa shape index (κ2) is 8.73. The Morgan fingerprint density at radius 1 is 0.724 bits per heavy atom. The zero-order valence-electron chi connectivity index (χ0n) is 16.2. The Morgan fingerprint density at radius 2 is 1.17 bits per heavy atom. The van der Waals surface area contributed by atoms with Gasteiger partial charge in [-0.05, 0) is 24.6 Å². The summed E-state index contributed by atoms with van der Waals surface area (Å²) < 4.78 is 7.14. The van der Waals surface area contributed by atoms with E-state index in [1.54, 1.807) is 4.68 Å². The summed E-state index contributed by atoms with van der Waals surface area (Å²) in [6, 6.07) is 35.4. The Bertz CT molecular complexity index is 1040. The molecule has 1 aromatic heterocycles. The molecule has 0 aliphatic rings. The van der Waals surface area contributed by atoms with E-state index in [1.807, 2.05) is 37.3 Å². The van der Waals surface area contributed by atoms with Crippen LogP contribution in [0.4, 0.5) is 5.82 Å². The van der Waals surface area contributed by atoms with Crippen LogP contribution < -0.4 is 20.6 Å². The van der Waals surface area contributed by atoms with E-state index in [9.17, 15) is 0 Å². The van der Waals surface area contributed by atoms with Gasteiger partial charge < -0.3 is 0 Å². The van der Waals surface area contributed by atoms with E-state index in [-0.39, 0.29) is 0 Å². The molecule has 0 amide bonds. The third-order valence-electron chi connectivity index (χ3n) is 4.78. The standard InChI is InChI=1S/C24H22ClN3P/c1-2-28-23(25)18-19-24(26-28)27-29(20-12-6-3-7-13-20,21-14-8-4-9-15-21)22-16-10-5-11-17-22/h3-19H,2H2,1H3/q+1. The molecule has 4 rings (SSSR count). The van der Waals surface area contributed by atoms with E-state index in [4.69, 9.17) is 21.4 Å². The number of nitrogens with zero attached hydrogens (tertiary/aromatic N) is 3. The normalized spacial score (nSPS) is 11.2. The summed E-state index contributed by atoms with van der Waals surface area (Å²) in [4.78, 5) is 0. The molecule has 0 fully saturated rings. The van der Waals surface area contributed by atoms with Crippen LogP contribution in [0.5, 0.6) is 0 Å². The van der Waals surface area contributed by atoms with Gasteiger partial charge in [-0.2, -0.15) is 0 Å². The third kappa shape index (κ3) is 3.89. The molecule has 5 heteroatoms. The molecule has 0 atom stereocenters. The molecule has 0 aliphatic heterocycles. The quantitative estimate of drug-likeness (QED) is 0.336. The number of hydrogen-bond donors (Lipinski definition) is 0. The maximum atomic E-state index is 6.29. The van der Waals surface area contributed by atoms with Crippen LogP contribution in [0.25, 0.3) is 0 Å². The second-order valence-corrected chi connectivity index (χ2v) is 9.98. The van der Waals surface area contributed by atoms with Crippen molar-refractivity contribution in [3.05, 3.63) is 108 Å². The van der Waals surface area contributed by atoms with E-state index in [0.29, 0.717) is 17.5 Å². The van der Waals surface area contributed by atoms with Gasteiger partial charge in [-0.3, -0.25) is 0 Å². The lowest BCUT2D eigenvalue weighted by Gasteiger charge is -2.26. The summed E-state index contributed by atoms with van der Waals surface area (Å²) in [7, 11) is -2.31. The van der Waals surface area contributed by atoms with Gasteiger partial charge in [0.15, 0.2) is 6.54 Å². The average Bonchev–Trinajstić information content (AvgIpc) is 2.80. The minimum atomic E-state index is -2.31. The second-order valence-electron chi connectivity index (χ2n) is 6.57. The highest BCUT2D eigenvalue weighted by Gasteiger charge is 2.28. The van der Waals surface area contributed by atoms with Gasteiger partial charge in [-0.25, -0.2) is 4.74 Å². The molecule has 0 saturated carbocycles. The third-order valence-corrected chi connectivity index (χ3v) is 8.74. The predicted molar refractivity (Wildman–Crippen MR) is 122 cm³/mol. The highest BCUT2D eigenvalue weighted by molar-refractivity contribution is 7.87. The first kappa shape index (κ1) is 19.6. The highest BCUT2D eigenvalue weighted by Crippen LogP contribution is 2.48. The van der Waals surface area contributed by atoms with Gasteiger partial charge in [-0.15, -0.1) is 0 Å². The molecule has 0 bridgehead atoms. The summed E-state index contributed by atoms with van der Waals surface area (Å²) in [6.45, 7) is 2.71. The van der Waals surface area contributed by atoms with Crippen molar-refractivity contribution >= 4 is 40.4 Å². The average molecular weight is 419 g/mol. The molecular weight excluding hydrogens is 397 g/mol. The molecule has 0 spiro atoms. The van der Waals surface area contributed by atoms with Crippen LogP contribution >= 0.6 is 18.7 Å². The number of aromatic nitrogens is 2. The lowest BCUT2D eigenvalue weighted by Crippen LogP contribution is -2.37. The fraction of sp³-hybridized carbons (Fsp3) is 0.0833. The molecule has 144 valence electrons. The van der Waals surface area contributed by atoms with Crippen molar-refractivity contribution in [3.8, 4) is 0 Å². The van der Waals surface area contributed by atoms with Crippen LogP contribution in [-0.2, 0) is 6.54 Å². The fourth-order valence-corrected chi connectivity index (χ4v) is 7.10. The molecule has 0 saturated heterocycles. The molecule has 3 nitrogen and oxygen atoms in total. The lowest BCUT2D eigenvalue weighted by molar-refractivity contribution is -0.747. The number of rotatable bonds is 5. The van der Waals surface area contributed by atoms with Crippen LogP contribution in [0.2, 0.25) is 5.15 Å². The van der Waals surface area contributed by atoms with E-state index < -0.39 is 7.05 Å². The van der Waals surface area contributed by atoms with Gasteiger partial charge in [0.25, 0.3) is 0 Å². The van der Waals surface area contributed by atoms with Crippen LogP contribution in [0.15, 0.2) is 108 Å². The van der Waals surface area contributed by atoms with Gasteiger partial charge in [0.05, 0.1) is 7.05 Å². The summed E-state index contributed by atoms with van der Waals surface area (Å²) in [5.41, 5.74) is 0. The molecular formula is C24H22ClN3P+. The van der Waals surface area contributed by atoms with Crippen molar-refractivity contribution in [1.82, 2.24) is 5.10 Å². The Hall–Kier alpha value is -2.74. The van der Waals surface area contributed by atoms with Crippen molar-refractivity contribution in [3.63, 3.8) is 0 Å². The van der Waals surface area contributed by atoms with Gasteiger partial charge in [0, 0.05) is 27.1 Å². The zero-order valence-corrected chi connectivity index (χ0v) is 17.8. The van der Waals surface area contributed by atoms with Gasteiger partial charge in [0.2, 0.25) is 5.82 Å². The summed E-state index contributed by atoms with van der Waals surface area (Å²) in [5.74, 6) is 0.682. The Kier molecular flexibility index (Phi) is 5.89. The Morgan fingerprint density at radius 3 is 1.59 bits per heavy atom. The fourth-order valence-electron chi connectivity index (χ4n) is 3.41. The molecule has 0 unspecified atom stereocenters. The van der Waals surface area contributed by atoms with Gasteiger partial charge in [-0.1, -0.05) is 95.7 Å². The van der Waals surface area contributed by atoms with Crippen LogP contribution in [0.1, 0.15) is 6.92 Å². The topological polar surface area (TPSA) is 29.1 Å². The maximum absolute atomic E-state index is 6.29. The van der Waals surface area contributed by atoms with Crippen molar-refractivity contribution < 1.29 is 4.68 Å². The first-order chi connectivity index (χ1) is 14.2. The molecule has 0 aliphatic carbocycles. The van der Waals surface area contributed by atoms with Crippen LogP contribution in [0, 0.1) is 0 Å².